The highest BCUT2D eigenvalue weighted by atomic mass is 32.2. The van der Waals surface area contributed by atoms with Crippen molar-refractivity contribution in [1.82, 2.24) is 10.6 Å². The normalized spacial score (nSPS) is 20.2. The molecule has 1 aromatic carbocycles. The third-order valence-electron chi connectivity index (χ3n) is 4.04. The van der Waals surface area contributed by atoms with Crippen molar-refractivity contribution in [3.8, 4) is 0 Å². The van der Waals surface area contributed by atoms with Crippen LogP contribution in [0.25, 0.3) is 0 Å². The van der Waals surface area contributed by atoms with Gasteiger partial charge in [-0.25, -0.2) is 9.59 Å². The van der Waals surface area contributed by atoms with E-state index in [1.165, 1.54) is 4.90 Å². The third kappa shape index (κ3) is 3.36. The fourth-order valence-electron chi connectivity index (χ4n) is 2.99. The number of fused-ring (bicyclic) bond motifs is 1. The minimum atomic E-state index is -0.382. The zero-order chi connectivity index (χ0) is 17.1. The Balaban J connectivity index is 1.92. The van der Waals surface area contributed by atoms with Gasteiger partial charge in [0.1, 0.15) is 0 Å². The molecule has 0 saturated heterocycles. The molecule has 0 unspecified atom stereocenters. The maximum Gasteiger partial charge on any atom is 0.337 e. The van der Waals surface area contributed by atoms with Crippen LogP contribution in [0.3, 0.4) is 0 Å². The van der Waals surface area contributed by atoms with Gasteiger partial charge in [-0.3, -0.25) is 0 Å². The van der Waals surface area contributed by atoms with Crippen molar-refractivity contribution in [2.24, 2.45) is 0 Å². The molecule has 0 fully saturated rings. The highest BCUT2D eigenvalue weighted by Crippen LogP contribution is 2.34. The molecule has 2 aliphatic heterocycles. The van der Waals surface area contributed by atoms with E-state index in [-0.39, 0.29) is 18.0 Å². The number of carbonyl (C=O) groups is 2. The van der Waals surface area contributed by atoms with Gasteiger partial charge in [0, 0.05) is 17.2 Å². The van der Waals surface area contributed by atoms with Crippen LogP contribution in [-0.2, 0) is 9.53 Å². The number of hydrogen-bond acceptors (Lipinski definition) is 5. The summed E-state index contributed by atoms with van der Waals surface area (Å²) in [7, 11) is 0. The van der Waals surface area contributed by atoms with Crippen molar-refractivity contribution in [3.05, 3.63) is 35.5 Å². The smallest absolute Gasteiger partial charge is 0.337 e. The average molecular weight is 347 g/mol. The minimum absolute atomic E-state index is 0.287. The molecule has 2 heterocycles. The Hall–Kier alpha value is -2.15. The maximum atomic E-state index is 12.3. The molecule has 0 aliphatic carbocycles. The van der Waals surface area contributed by atoms with E-state index in [0.29, 0.717) is 24.4 Å². The molecular weight excluding hydrogens is 326 g/mol. The van der Waals surface area contributed by atoms with Gasteiger partial charge in [-0.1, -0.05) is 12.1 Å². The van der Waals surface area contributed by atoms with Gasteiger partial charge < -0.3 is 20.3 Å². The zero-order valence-electron chi connectivity index (χ0n) is 13.8. The van der Waals surface area contributed by atoms with E-state index in [2.05, 4.69) is 27.7 Å². The number of hydrogen-bond donors (Lipinski definition) is 2. The van der Waals surface area contributed by atoms with E-state index in [9.17, 15) is 9.59 Å². The van der Waals surface area contributed by atoms with Gasteiger partial charge in [0.25, 0.3) is 0 Å². The predicted molar refractivity (Wildman–Crippen MR) is 94.2 cm³/mol. The molecule has 1 atom stereocenters. The highest BCUT2D eigenvalue weighted by Gasteiger charge is 2.31. The molecule has 2 aliphatic rings. The summed E-state index contributed by atoms with van der Waals surface area (Å²) >= 11 is 1.82. The van der Waals surface area contributed by atoms with Crippen LogP contribution in [0, 0.1) is 0 Å². The molecule has 0 spiro atoms. The quantitative estimate of drug-likeness (QED) is 0.817. The van der Waals surface area contributed by atoms with Crippen molar-refractivity contribution >= 4 is 29.4 Å². The van der Waals surface area contributed by atoms with E-state index in [4.69, 9.17) is 4.74 Å². The number of rotatable bonds is 4. The molecule has 3 rings (SSSR count). The van der Waals surface area contributed by atoms with E-state index < -0.39 is 0 Å². The van der Waals surface area contributed by atoms with Crippen LogP contribution in [0.4, 0.5) is 10.5 Å². The molecule has 2 N–H and O–H groups in total. The Morgan fingerprint density at radius 2 is 2.21 bits per heavy atom. The van der Waals surface area contributed by atoms with E-state index >= 15 is 0 Å². The highest BCUT2D eigenvalue weighted by molar-refractivity contribution is 7.99. The minimum Gasteiger partial charge on any atom is -0.463 e. The Morgan fingerprint density at radius 3 is 3.00 bits per heavy atom. The van der Waals surface area contributed by atoms with Gasteiger partial charge >= 0.3 is 12.0 Å². The van der Waals surface area contributed by atoms with Crippen molar-refractivity contribution < 1.29 is 14.3 Å². The molecule has 24 heavy (non-hydrogen) atoms. The predicted octanol–water partition coefficient (Wildman–Crippen LogP) is 2.12. The number of carbonyl (C=O) groups excluding carboxylic acids is 2. The van der Waals surface area contributed by atoms with Gasteiger partial charge in [0.2, 0.25) is 0 Å². The van der Waals surface area contributed by atoms with E-state index in [0.717, 1.165) is 18.0 Å². The number of urea groups is 1. The fourth-order valence-corrected chi connectivity index (χ4v) is 4.04. The topological polar surface area (TPSA) is 70.7 Å². The lowest BCUT2D eigenvalue weighted by atomic mass is 10.0. The Labute approximate surface area is 145 Å². The third-order valence-corrected chi connectivity index (χ3v) is 5.08. The largest absolute Gasteiger partial charge is 0.463 e. The number of benzene rings is 1. The van der Waals surface area contributed by atoms with Crippen LogP contribution in [0.15, 0.2) is 40.4 Å². The molecule has 128 valence electrons. The first-order valence-electron chi connectivity index (χ1n) is 8.04. The van der Waals surface area contributed by atoms with Crippen LogP contribution < -0.4 is 15.5 Å². The van der Waals surface area contributed by atoms with Crippen LogP contribution in [0.2, 0.25) is 0 Å². The number of nitrogens with zero attached hydrogens (tertiary/aromatic N) is 1. The van der Waals surface area contributed by atoms with E-state index in [1.54, 1.807) is 13.8 Å². The van der Waals surface area contributed by atoms with Gasteiger partial charge in [-0.2, -0.15) is 0 Å². The molecule has 0 saturated carbocycles. The molecule has 0 bridgehead atoms. The molecule has 7 heteroatoms. The molecular formula is C17H21N3O3S. The second-order valence-corrected chi connectivity index (χ2v) is 6.81. The standard InChI is InChI=1S/C17H21N3O3S/c1-3-23-16(21)15-11(2)18-17(22)19-12(15)10-20-8-9-24-14-7-5-4-6-13(14)20/h4-7,11H,3,8-10H2,1-2H3,(H2,18,19,22)/t11-/m1/s1. The lowest BCUT2D eigenvalue weighted by molar-refractivity contribution is -0.138. The Bertz CT molecular complexity index is 689. The van der Waals surface area contributed by atoms with Gasteiger partial charge in [0.05, 0.1) is 36.2 Å². The number of anilines is 1. The van der Waals surface area contributed by atoms with Gasteiger partial charge in [0.15, 0.2) is 0 Å². The summed E-state index contributed by atoms with van der Waals surface area (Å²) in [6.45, 7) is 5.21. The SMILES string of the molecule is CCOC(=O)C1=C(CN2CCSc3ccccc32)NC(=O)N[C@@H]1C. The lowest BCUT2D eigenvalue weighted by Gasteiger charge is -2.34. The van der Waals surface area contributed by atoms with Crippen LogP contribution in [-0.4, -0.2) is 43.5 Å². The summed E-state index contributed by atoms with van der Waals surface area (Å²) in [4.78, 5) is 27.6. The number of para-hydroxylation sites is 1. The Morgan fingerprint density at radius 1 is 1.42 bits per heavy atom. The fraction of sp³-hybridized carbons (Fsp3) is 0.412. The molecule has 1 aromatic rings. The summed E-state index contributed by atoms with van der Waals surface area (Å²) < 4.78 is 5.17. The van der Waals surface area contributed by atoms with Gasteiger partial charge in [-0.05, 0) is 26.0 Å². The number of amides is 2. The second-order valence-electron chi connectivity index (χ2n) is 5.67. The Kier molecular flexibility index (Phi) is 4.99. The number of nitrogens with one attached hydrogen (secondary N) is 2. The van der Waals surface area contributed by atoms with Gasteiger partial charge in [-0.15, -0.1) is 11.8 Å². The number of ether oxygens (including phenoxy) is 1. The number of thioether (sulfide) groups is 1. The molecule has 6 nitrogen and oxygen atoms in total. The summed E-state index contributed by atoms with van der Waals surface area (Å²) in [5.41, 5.74) is 2.24. The van der Waals surface area contributed by atoms with E-state index in [1.807, 2.05) is 23.9 Å². The van der Waals surface area contributed by atoms with Crippen molar-refractivity contribution in [3.63, 3.8) is 0 Å². The monoisotopic (exact) mass is 347 g/mol. The average Bonchev–Trinajstić information content (AvgIpc) is 2.55. The summed E-state index contributed by atoms with van der Waals surface area (Å²) in [6, 6.07) is 7.52. The summed E-state index contributed by atoms with van der Waals surface area (Å²) in [5.74, 6) is 0.591. The molecule has 2 amide bonds. The van der Waals surface area contributed by atoms with Crippen molar-refractivity contribution in [2.75, 3.05) is 30.3 Å². The first-order chi connectivity index (χ1) is 11.6. The molecule has 0 radical (unpaired) electrons. The van der Waals surface area contributed by atoms with Crippen LogP contribution in [0.5, 0.6) is 0 Å². The lowest BCUT2D eigenvalue weighted by Crippen LogP contribution is -2.51. The first kappa shape index (κ1) is 16.7. The second kappa shape index (κ2) is 7.17. The van der Waals surface area contributed by atoms with Crippen molar-refractivity contribution in [2.45, 2.75) is 24.8 Å². The number of esters is 1. The van der Waals surface area contributed by atoms with Crippen LogP contribution >= 0.6 is 11.8 Å². The van der Waals surface area contributed by atoms with Crippen molar-refractivity contribution in [1.29, 1.82) is 0 Å². The first-order valence-corrected chi connectivity index (χ1v) is 9.03. The van der Waals surface area contributed by atoms with Crippen LogP contribution in [0.1, 0.15) is 13.8 Å². The zero-order valence-corrected chi connectivity index (χ0v) is 14.6. The molecule has 0 aromatic heterocycles. The summed E-state index contributed by atoms with van der Waals surface area (Å²) in [6.07, 6.45) is 0. The maximum absolute atomic E-state index is 12.3. The summed E-state index contributed by atoms with van der Waals surface area (Å²) in [5, 5.41) is 5.52.